The number of aryl methyl sites for hydroxylation is 2. The Bertz CT molecular complexity index is 383. The van der Waals surface area contributed by atoms with Crippen molar-refractivity contribution in [2.45, 2.75) is 20.8 Å². The highest BCUT2D eigenvalue weighted by Gasteiger charge is 2.14. The maximum Gasteiger partial charge on any atom is 0.150 e. The first-order valence-electron chi connectivity index (χ1n) is 4.60. The number of benzene rings is 1. The molecule has 1 aromatic carbocycles. The SMILES string of the molecule is CC1=C(N)Nc2cc(C)c(C)cc2O1. The summed E-state index contributed by atoms with van der Waals surface area (Å²) in [5.74, 6) is 2.15. The van der Waals surface area contributed by atoms with E-state index in [1.165, 1.54) is 11.1 Å². The molecule has 0 saturated carbocycles. The topological polar surface area (TPSA) is 47.3 Å². The van der Waals surface area contributed by atoms with Crippen LogP contribution in [-0.4, -0.2) is 0 Å². The van der Waals surface area contributed by atoms with Crippen molar-refractivity contribution in [3.05, 3.63) is 34.8 Å². The second kappa shape index (κ2) is 2.94. The highest BCUT2D eigenvalue weighted by Crippen LogP contribution is 2.33. The highest BCUT2D eigenvalue weighted by molar-refractivity contribution is 5.64. The average molecular weight is 190 g/mol. The van der Waals surface area contributed by atoms with Gasteiger partial charge in [-0.15, -0.1) is 0 Å². The van der Waals surface area contributed by atoms with Crippen molar-refractivity contribution in [3.8, 4) is 5.75 Å². The predicted octanol–water partition coefficient (Wildman–Crippen LogP) is 2.26. The Kier molecular flexibility index (Phi) is 1.88. The number of hydrogen-bond donors (Lipinski definition) is 2. The molecule has 0 amide bonds. The molecule has 74 valence electrons. The number of ether oxygens (including phenoxy) is 1. The summed E-state index contributed by atoms with van der Waals surface area (Å²) >= 11 is 0. The second-order valence-corrected chi connectivity index (χ2v) is 3.63. The van der Waals surface area contributed by atoms with Crippen LogP contribution in [0.25, 0.3) is 0 Å². The highest BCUT2D eigenvalue weighted by atomic mass is 16.5. The molecule has 1 heterocycles. The van der Waals surface area contributed by atoms with Crippen molar-refractivity contribution in [2.75, 3.05) is 5.32 Å². The number of anilines is 1. The van der Waals surface area contributed by atoms with Gasteiger partial charge >= 0.3 is 0 Å². The largest absolute Gasteiger partial charge is 0.456 e. The van der Waals surface area contributed by atoms with Gasteiger partial charge in [-0.25, -0.2) is 0 Å². The van der Waals surface area contributed by atoms with Gasteiger partial charge in [0, 0.05) is 0 Å². The van der Waals surface area contributed by atoms with Crippen LogP contribution in [-0.2, 0) is 0 Å². The molecule has 0 aromatic heterocycles. The molecule has 1 aliphatic heterocycles. The maximum absolute atomic E-state index is 5.72. The van der Waals surface area contributed by atoms with Crippen molar-refractivity contribution in [1.29, 1.82) is 0 Å². The molecular formula is C11H14N2O. The van der Waals surface area contributed by atoms with Gasteiger partial charge < -0.3 is 15.8 Å². The number of fused-ring (bicyclic) bond motifs is 1. The van der Waals surface area contributed by atoms with Gasteiger partial charge in [0.1, 0.15) is 11.6 Å². The van der Waals surface area contributed by atoms with E-state index in [1.807, 2.05) is 19.1 Å². The molecular weight excluding hydrogens is 176 g/mol. The van der Waals surface area contributed by atoms with E-state index in [0.717, 1.165) is 17.2 Å². The van der Waals surface area contributed by atoms with Crippen LogP contribution in [0.1, 0.15) is 18.1 Å². The van der Waals surface area contributed by atoms with Gasteiger partial charge in [-0.3, -0.25) is 0 Å². The lowest BCUT2D eigenvalue weighted by Crippen LogP contribution is -2.19. The van der Waals surface area contributed by atoms with Gasteiger partial charge in [-0.1, -0.05) is 0 Å². The van der Waals surface area contributed by atoms with Gasteiger partial charge in [-0.05, 0) is 44.0 Å². The summed E-state index contributed by atoms with van der Waals surface area (Å²) < 4.78 is 5.57. The Hall–Kier alpha value is -1.64. The van der Waals surface area contributed by atoms with Crippen LogP contribution < -0.4 is 15.8 Å². The zero-order chi connectivity index (χ0) is 10.3. The summed E-state index contributed by atoms with van der Waals surface area (Å²) in [5, 5.41) is 3.11. The minimum absolute atomic E-state index is 0.584. The molecule has 14 heavy (non-hydrogen) atoms. The van der Waals surface area contributed by atoms with E-state index >= 15 is 0 Å². The van der Waals surface area contributed by atoms with Crippen LogP contribution in [0, 0.1) is 13.8 Å². The minimum atomic E-state index is 0.584. The molecule has 0 aliphatic carbocycles. The van der Waals surface area contributed by atoms with Crippen molar-refractivity contribution >= 4 is 5.69 Å². The van der Waals surface area contributed by atoms with Crippen molar-refractivity contribution in [2.24, 2.45) is 5.73 Å². The zero-order valence-corrected chi connectivity index (χ0v) is 8.64. The lowest BCUT2D eigenvalue weighted by atomic mass is 10.1. The minimum Gasteiger partial charge on any atom is -0.456 e. The van der Waals surface area contributed by atoms with Gasteiger partial charge in [0.05, 0.1) is 5.69 Å². The van der Waals surface area contributed by atoms with Gasteiger partial charge in [-0.2, -0.15) is 0 Å². The molecule has 1 aliphatic rings. The number of nitrogens with two attached hydrogens (primary N) is 1. The van der Waals surface area contributed by atoms with E-state index < -0.39 is 0 Å². The fraction of sp³-hybridized carbons (Fsp3) is 0.273. The molecule has 0 atom stereocenters. The number of hydrogen-bond acceptors (Lipinski definition) is 3. The van der Waals surface area contributed by atoms with Gasteiger partial charge in [0.15, 0.2) is 5.75 Å². The Morgan fingerprint density at radius 1 is 1.14 bits per heavy atom. The monoisotopic (exact) mass is 190 g/mol. The third-order valence-electron chi connectivity index (χ3n) is 2.51. The second-order valence-electron chi connectivity index (χ2n) is 3.63. The van der Waals surface area contributed by atoms with Crippen LogP contribution in [0.2, 0.25) is 0 Å². The normalized spacial score (nSPS) is 14.5. The molecule has 3 heteroatoms. The number of nitrogens with one attached hydrogen (secondary N) is 1. The maximum atomic E-state index is 5.72. The van der Waals surface area contributed by atoms with Crippen LogP contribution >= 0.6 is 0 Å². The predicted molar refractivity (Wildman–Crippen MR) is 57.1 cm³/mol. The summed E-state index contributed by atoms with van der Waals surface area (Å²) in [6, 6.07) is 4.07. The molecule has 0 bridgehead atoms. The number of allylic oxidation sites excluding steroid dienone is 1. The fourth-order valence-corrected chi connectivity index (χ4v) is 1.42. The smallest absolute Gasteiger partial charge is 0.150 e. The summed E-state index contributed by atoms with van der Waals surface area (Å²) in [5.41, 5.74) is 9.12. The van der Waals surface area contributed by atoms with Crippen LogP contribution in [0.3, 0.4) is 0 Å². The molecule has 0 unspecified atom stereocenters. The molecule has 1 aromatic rings. The first-order valence-corrected chi connectivity index (χ1v) is 4.60. The quantitative estimate of drug-likeness (QED) is 0.659. The third-order valence-corrected chi connectivity index (χ3v) is 2.51. The Morgan fingerprint density at radius 2 is 1.79 bits per heavy atom. The standard InChI is InChI=1S/C11H14N2O/c1-6-4-9-10(5-7(6)2)14-8(3)11(12)13-9/h4-5,13H,12H2,1-3H3. The third kappa shape index (κ3) is 1.31. The summed E-state index contributed by atoms with van der Waals surface area (Å²) in [4.78, 5) is 0. The molecule has 2 rings (SSSR count). The van der Waals surface area contributed by atoms with Crippen molar-refractivity contribution < 1.29 is 4.74 Å². The van der Waals surface area contributed by atoms with E-state index in [1.54, 1.807) is 0 Å². The van der Waals surface area contributed by atoms with Gasteiger partial charge in [0.2, 0.25) is 0 Å². The first-order chi connectivity index (χ1) is 6.58. The number of rotatable bonds is 0. The zero-order valence-electron chi connectivity index (χ0n) is 8.64. The lowest BCUT2D eigenvalue weighted by Gasteiger charge is -2.21. The molecule has 0 radical (unpaired) electrons. The molecule has 3 N–H and O–H groups in total. The Morgan fingerprint density at radius 3 is 2.50 bits per heavy atom. The van der Waals surface area contributed by atoms with E-state index in [-0.39, 0.29) is 0 Å². The fourth-order valence-electron chi connectivity index (χ4n) is 1.42. The summed E-state index contributed by atoms with van der Waals surface area (Å²) in [6.45, 7) is 5.98. The molecule has 3 nitrogen and oxygen atoms in total. The summed E-state index contributed by atoms with van der Waals surface area (Å²) in [7, 11) is 0. The van der Waals surface area contributed by atoms with Crippen LogP contribution in [0.4, 0.5) is 5.69 Å². The molecule has 0 spiro atoms. The van der Waals surface area contributed by atoms with Crippen LogP contribution in [0.15, 0.2) is 23.7 Å². The van der Waals surface area contributed by atoms with Crippen molar-refractivity contribution in [1.82, 2.24) is 0 Å². The van der Waals surface area contributed by atoms with Gasteiger partial charge in [0.25, 0.3) is 0 Å². The van der Waals surface area contributed by atoms with E-state index in [0.29, 0.717) is 5.82 Å². The van der Waals surface area contributed by atoms with Crippen molar-refractivity contribution in [3.63, 3.8) is 0 Å². The average Bonchev–Trinajstić information content (AvgIpc) is 2.11. The van der Waals surface area contributed by atoms with E-state index in [2.05, 4.69) is 19.2 Å². The summed E-state index contributed by atoms with van der Waals surface area (Å²) in [6.07, 6.45) is 0. The first kappa shape index (κ1) is 8.94. The molecule has 0 fully saturated rings. The van der Waals surface area contributed by atoms with E-state index in [9.17, 15) is 0 Å². The Labute approximate surface area is 83.6 Å². The Balaban J connectivity index is 2.49. The van der Waals surface area contributed by atoms with E-state index in [4.69, 9.17) is 10.5 Å². The van der Waals surface area contributed by atoms with Crippen LogP contribution in [0.5, 0.6) is 5.75 Å². The lowest BCUT2D eigenvalue weighted by molar-refractivity contribution is 0.415. The molecule has 0 saturated heterocycles.